The van der Waals surface area contributed by atoms with Crippen molar-refractivity contribution < 1.29 is 9.84 Å². The molecule has 0 aromatic heterocycles. The third-order valence-corrected chi connectivity index (χ3v) is 11.9. The molecule has 0 amide bonds. The van der Waals surface area contributed by atoms with E-state index in [1.54, 1.807) is 0 Å². The number of rotatable bonds is 12. The highest BCUT2D eigenvalue weighted by Gasteiger charge is 2.59. The molecule has 4 aliphatic rings. The van der Waals surface area contributed by atoms with E-state index in [0.29, 0.717) is 23.5 Å². The maximum atomic E-state index is 7.99. The van der Waals surface area contributed by atoms with E-state index in [2.05, 4.69) is 47.2 Å². The lowest BCUT2D eigenvalue weighted by Crippen LogP contribution is -2.54. The Labute approximate surface area is 281 Å². The lowest BCUT2D eigenvalue weighted by molar-refractivity contribution is -0.134. The zero-order valence-electron chi connectivity index (χ0n) is 30.8. The third-order valence-electron chi connectivity index (χ3n) is 11.6. The summed E-state index contributed by atoms with van der Waals surface area (Å²) >= 11 is 4.34. The Morgan fingerprint density at radius 2 is 1.34 bits per heavy atom. The lowest BCUT2D eigenvalue weighted by Gasteiger charge is -2.61. The summed E-state index contributed by atoms with van der Waals surface area (Å²) in [5.74, 6) is 5.83. The summed E-state index contributed by atoms with van der Waals surface area (Å²) in [4.78, 5) is 0. The topological polar surface area (TPSA) is 108 Å². The van der Waals surface area contributed by atoms with Crippen LogP contribution in [-0.4, -0.2) is 49.8 Å². The Morgan fingerprint density at radius 1 is 0.727 bits per heavy atom. The van der Waals surface area contributed by atoms with E-state index in [1.807, 2.05) is 13.8 Å². The number of aliphatic hydroxyl groups is 1. The Morgan fingerprint density at radius 3 is 1.86 bits per heavy atom. The molecule has 0 aromatic rings. The van der Waals surface area contributed by atoms with Crippen LogP contribution in [0.5, 0.6) is 0 Å². The van der Waals surface area contributed by atoms with Crippen LogP contribution in [-0.2, 0) is 4.74 Å². The van der Waals surface area contributed by atoms with Crippen LogP contribution >= 0.6 is 12.6 Å². The van der Waals surface area contributed by atoms with Gasteiger partial charge in [-0.05, 0) is 156 Å². The van der Waals surface area contributed by atoms with Crippen molar-refractivity contribution in [3.05, 3.63) is 0 Å². The van der Waals surface area contributed by atoms with Gasteiger partial charge in [0.2, 0.25) is 0 Å². The number of hydrogen-bond donors (Lipinski definition) is 5. The van der Waals surface area contributed by atoms with Gasteiger partial charge in [0.25, 0.3) is 0 Å². The summed E-state index contributed by atoms with van der Waals surface area (Å²) < 4.78 is 6.24. The van der Waals surface area contributed by atoms with Crippen LogP contribution in [0.25, 0.3) is 0 Å². The lowest BCUT2D eigenvalue weighted by atomic mass is 9.44. The van der Waals surface area contributed by atoms with Crippen LogP contribution in [0, 0.1) is 40.4 Å². The first-order valence-electron chi connectivity index (χ1n) is 19.2. The smallest absolute Gasteiger partial charge is 0.0578 e. The molecule has 4 rings (SSSR count). The fourth-order valence-corrected chi connectivity index (χ4v) is 9.02. The molecular formula is C38H81N3O2S. The summed E-state index contributed by atoms with van der Waals surface area (Å²) in [7, 11) is 0. The first-order valence-corrected chi connectivity index (χ1v) is 19.8. The minimum Gasteiger partial charge on any atom is -0.396 e. The minimum atomic E-state index is 0.219. The van der Waals surface area contributed by atoms with E-state index >= 15 is 0 Å². The Hall–Kier alpha value is 0.150. The van der Waals surface area contributed by atoms with Gasteiger partial charge in [0.15, 0.2) is 0 Å². The molecule has 0 aliphatic heterocycles. The molecule has 44 heavy (non-hydrogen) atoms. The highest BCUT2D eigenvalue weighted by atomic mass is 32.1. The number of aliphatic hydroxyl groups excluding tert-OH is 1. The summed E-state index contributed by atoms with van der Waals surface area (Å²) in [6, 6.07) is 0. The van der Waals surface area contributed by atoms with Crippen molar-refractivity contribution >= 4 is 12.6 Å². The van der Waals surface area contributed by atoms with Crippen LogP contribution in [0.4, 0.5) is 0 Å². The van der Waals surface area contributed by atoms with Gasteiger partial charge < -0.3 is 27.0 Å². The maximum Gasteiger partial charge on any atom is 0.0578 e. The fraction of sp³-hybridized carbons (Fsp3) is 1.00. The maximum absolute atomic E-state index is 7.99. The first-order chi connectivity index (χ1) is 21.3. The van der Waals surface area contributed by atoms with Crippen LogP contribution in [0.15, 0.2) is 0 Å². The van der Waals surface area contributed by atoms with Gasteiger partial charge in [0.05, 0.1) is 6.10 Å². The summed E-state index contributed by atoms with van der Waals surface area (Å²) in [5, 5.41) is 7.99. The number of thiol groups is 1. The van der Waals surface area contributed by atoms with Gasteiger partial charge in [0, 0.05) is 13.2 Å². The molecule has 0 saturated heterocycles. The van der Waals surface area contributed by atoms with Gasteiger partial charge in [-0.3, -0.25) is 0 Å². The minimum absolute atomic E-state index is 0.219. The number of nitrogens with two attached hydrogens (primary N) is 3. The molecule has 266 valence electrons. The predicted octanol–water partition coefficient (Wildman–Crippen LogP) is 8.99. The van der Waals surface area contributed by atoms with E-state index in [9.17, 15) is 0 Å². The predicted molar refractivity (Wildman–Crippen MR) is 198 cm³/mol. The van der Waals surface area contributed by atoms with E-state index in [1.165, 1.54) is 89.9 Å². The van der Waals surface area contributed by atoms with Crippen LogP contribution in [0.2, 0.25) is 0 Å². The molecule has 4 fully saturated rings. The SMILES string of the molecule is CC.CC12CCC3C(CCC4C[C@H](OCCCS)CCC43C)C1CCC2CCCCN.CCCC.CCCN.NCCCO. The van der Waals surface area contributed by atoms with Crippen molar-refractivity contribution in [1.29, 1.82) is 0 Å². The molecule has 0 heterocycles. The largest absolute Gasteiger partial charge is 0.396 e. The quantitative estimate of drug-likeness (QED) is 0.108. The molecule has 7 N–H and O–H groups in total. The summed E-state index contributed by atoms with van der Waals surface area (Å²) in [6.45, 7) is 19.2. The molecule has 4 aliphatic carbocycles. The van der Waals surface area contributed by atoms with Gasteiger partial charge in [-0.25, -0.2) is 0 Å². The highest BCUT2D eigenvalue weighted by molar-refractivity contribution is 7.80. The number of ether oxygens (including phenoxy) is 1. The van der Waals surface area contributed by atoms with Gasteiger partial charge in [-0.2, -0.15) is 12.6 Å². The third kappa shape index (κ3) is 13.7. The van der Waals surface area contributed by atoms with E-state index in [4.69, 9.17) is 27.0 Å². The molecular weight excluding hydrogens is 563 g/mol. The van der Waals surface area contributed by atoms with Gasteiger partial charge in [0.1, 0.15) is 0 Å². The number of hydrogen-bond acceptors (Lipinski definition) is 6. The van der Waals surface area contributed by atoms with Crippen LogP contribution < -0.4 is 17.2 Å². The van der Waals surface area contributed by atoms with E-state index < -0.39 is 0 Å². The molecule has 0 aromatic carbocycles. The molecule has 6 heteroatoms. The van der Waals surface area contributed by atoms with Crippen LogP contribution in [0.3, 0.4) is 0 Å². The second-order valence-corrected chi connectivity index (χ2v) is 14.7. The highest BCUT2D eigenvalue weighted by Crippen LogP contribution is 2.68. The zero-order chi connectivity index (χ0) is 33.4. The molecule has 0 radical (unpaired) electrons. The fourth-order valence-electron chi connectivity index (χ4n) is 8.89. The van der Waals surface area contributed by atoms with E-state index in [-0.39, 0.29) is 6.61 Å². The normalized spacial score (nSPS) is 33.3. The second-order valence-electron chi connectivity index (χ2n) is 14.3. The molecule has 8 atom stereocenters. The van der Waals surface area contributed by atoms with Gasteiger partial charge in [-0.15, -0.1) is 0 Å². The summed E-state index contributed by atoms with van der Waals surface area (Å²) in [5.41, 5.74) is 17.0. The van der Waals surface area contributed by atoms with Crippen molar-refractivity contribution in [1.82, 2.24) is 0 Å². The van der Waals surface area contributed by atoms with Crippen molar-refractivity contribution in [3.63, 3.8) is 0 Å². The zero-order valence-corrected chi connectivity index (χ0v) is 31.7. The van der Waals surface area contributed by atoms with E-state index in [0.717, 1.165) is 74.3 Å². The second kappa shape index (κ2) is 26.1. The number of fused-ring (bicyclic) bond motifs is 5. The molecule has 5 nitrogen and oxygen atoms in total. The van der Waals surface area contributed by atoms with Crippen LogP contribution in [0.1, 0.15) is 158 Å². The van der Waals surface area contributed by atoms with Gasteiger partial charge >= 0.3 is 0 Å². The standard InChI is InChI=1S/C26H47NOS.C4H10.C3H9NO.C3H9N.C2H6/c1-25-14-12-24-22(23(25)10-8-19(25)6-3-4-15-27)9-7-20-18-21(28-16-5-17-29)11-13-26(20,24)2;1-3-4-2;4-2-1-3-5;1-2-3-4;1-2/h19-24,29H,3-18,27H2,1-2H3;3-4H2,1-2H3;5H,1-4H2;2-4H2,1H3;1-2H3/t19?,20?,21-,22?,23?,24?,25?,26?;;;;/m1..../s1. The molecule has 4 saturated carbocycles. The first kappa shape index (κ1) is 44.1. The average Bonchev–Trinajstić information content (AvgIpc) is 3.39. The monoisotopic (exact) mass is 644 g/mol. The van der Waals surface area contributed by atoms with Crippen molar-refractivity contribution in [2.75, 3.05) is 38.6 Å². The molecule has 0 spiro atoms. The molecule has 7 unspecified atom stereocenters. The van der Waals surface area contributed by atoms with Crippen molar-refractivity contribution in [3.8, 4) is 0 Å². The Bertz CT molecular complexity index is 646. The summed E-state index contributed by atoms with van der Waals surface area (Å²) in [6.07, 6.45) is 23.1. The average molecular weight is 644 g/mol. The number of unbranched alkanes of at least 4 members (excludes halogenated alkanes) is 2. The van der Waals surface area contributed by atoms with Crippen molar-refractivity contribution in [2.45, 2.75) is 164 Å². The molecule has 0 bridgehead atoms. The Kier molecular flexibility index (Phi) is 26.2. The van der Waals surface area contributed by atoms with Gasteiger partial charge in [-0.1, -0.05) is 67.7 Å². The Balaban J connectivity index is 0.00000104. The van der Waals surface area contributed by atoms with Crippen molar-refractivity contribution in [2.24, 2.45) is 57.6 Å².